The van der Waals surface area contributed by atoms with Gasteiger partial charge in [-0.1, -0.05) is 0 Å². The summed E-state index contributed by atoms with van der Waals surface area (Å²) in [5.74, 6) is -0.754. The number of primary amides is 1. The molecule has 0 unspecified atom stereocenters. The molecule has 0 saturated heterocycles. The van der Waals surface area contributed by atoms with Crippen molar-refractivity contribution in [2.24, 2.45) is 12.8 Å². The lowest BCUT2D eigenvalue weighted by Crippen LogP contribution is -2.42. The molecule has 12 heteroatoms. The third kappa shape index (κ3) is 3.85. The standard InChI is InChI=1S/C15H17N7O4S/c1-8-3-4-11(27-8)10(23)6-22-18-12(17-19-22)7-21-5-9(13(16)24)14(25)20(2)15(21)26/h3-5,10,23H,6-7H2,1-2H3,(H2,16,24)/t10-/m0/s1. The number of aliphatic hydroxyl groups excluding tert-OH is 1. The molecule has 0 saturated carbocycles. The second-order valence-corrected chi connectivity index (χ2v) is 7.23. The number of aryl methyl sites for hydroxylation is 1. The van der Waals surface area contributed by atoms with Crippen LogP contribution in [0.4, 0.5) is 0 Å². The van der Waals surface area contributed by atoms with Gasteiger partial charge >= 0.3 is 5.69 Å². The predicted molar refractivity (Wildman–Crippen MR) is 95.4 cm³/mol. The largest absolute Gasteiger partial charge is 0.386 e. The zero-order valence-electron chi connectivity index (χ0n) is 14.6. The van der Waals surface area contributed by atoms with Gasteiger partial charge in [-0.05, 0) is 24.3 Å². The Bertz CT molecular complexity index is 1110. The van der Waals surface area contributed by atoms with Gasteiger partial charge in [0.05, 0.1) is 13.1 Å². The number of aliphatic hydroxyl groups is 1. The van der Waals surface area contributed by atoms with Crippen LogP contribution < -0.4 is 17.0 Å². The van der Waals surface area contributed by atoms with Crippen molar-refractivity contribution in [2.75, 3.05) is 0 Å². The van der Waals surface area contributed by atoms with Gasteiger partial charge in [0.25, 0.3) is 11.5 Å². The quantitative estimate of drug-likeness (QED) is 0.535. The summed E-state index contributed by atoms with van der Waals surface area (Å²) in [5.41, 5.74) is 3.45. The van der Waals surface area contributed by atoms with Crippen molar-refractivity contribution in [3.8, 4) is 0 Å². The minimum atomic E-state index is -0.935. The minimum Gasteiger partial charge on any atom is -0.386 e. The summed E-state index contributed by atoms with van der Waals surface area (Å²) >= 11 is 1.47. The number of aromatic nitrogens is 6. The Kier molecular flexibility index (Phi) is 5.01. The van der Waals surface area contributed by atoms with Gasteiger partial charge in [-0.2, -0.15) is 4.80 Å². The smallest absolute Gasteiger partial charge is 0.331 e. The van der Waals surface area contributed by atoms with E-state index in [0.717, 1.165) is 25.1 Å². The maximum atomic E-state index is 12.2. The second kappa shape index (κ2) is 7.25. The number of thiophene rings is 1. The molecule has 0 radical (unpaired) electrons. The molecule has 0 aliphatic heterocycles. The summed E-state index contributed by atoms with van der Waals surface area (Å²) in [7, 11) is 1.25. The van der Waals surface area contributed by atoms with Crippen LogP contribution in [0, 0.1) is 6.92 Å². The first kappa shape index (κ1) is 18.7. The van der Waals surface area contributed by atoms with Crippen LogP contribution >= 0.6 is 11.3 Å². The van der Waals surface area contributed by atoms with E-state index in [9.17, 15) is 19.5 Å². The Morgan fingerprint density at radius 3 is 2.74 bits per heavy atom. The molecule has 1 amide bonds. The summed E-state index contributed by atoms with van der Waals surface area (Å²) < 4.78 is 1.88. The molecular formula is C15H17N7O4S. The number of nitrogens with two attached hydrogens (primary N) is 1. The topological polar surface area (TPSA) is 151 Å². The highest BCUT2D eigenvalue weighted by Crippen LogP contribution is 2.23. The molecule has 0 bridgehead atoms. The van der Waals surface area contributed by atoms with E-state index < -0.39 is 23.3 Å². The minimum absolute atomic E-state index is 0.0989. The molecule has 0 aliphatic rings. The number of carbonyl (C=O) groups is 1. The molecule has 142 valence electrons. The van der Waals surface area contributed by atoms with Crippen molar-refractivity contribution in [1.29, 1.82) is 0 Å². The average Bonchev–Trinajstić information content (AvgIpc) is 3.24. The average molecular weight is 391 g/mol. The summed E-state index contributed by atoms with van der Waals surface area (Å²) in [4.78, 5) is 38.5. The van der Waals surface area contributed by atoms with Crippen molar-refractivity contribution < 1.29 is 9.90 Å². The summed E-state index contributed by atoms with van der Waals surface area (Å²) in [6.07, 6.45) is 0.296. The number of rotatable bonds is 6. The maximum Gasteiger partial charge on any atom is 0.331 e. The molecule has 3 rings (SSSR count). The predicted octanol–water partition coefficient (Wildman–Crippen LogP) is -1.22. The van der Waals surface area contributed by atoms with Crippen LogP contribution in [0.25, 0.3) is 0 Å². The SMILES string of the molecule is Cc1ccc([C@@H](O)Cn2nnc(Cn3cc(C(N)=O)c(=O)n(C)c3=O)n2)s1. The normalized spacial score (nSPS) is 12.3. The fourth-order valence-corrected chi connectivity index (χ4v) is 3.31. The Labute approximate surface area is 156 Å². The molecule has 3 aromatic rings. The molecular weight excluding hydrogens is 374 g/mol. The van der Waals surface area contributed by atoms with Crippen LogP contribution in [0.5, 0.6) is 0 Å². The number of hydrogen-bond donors (Lipinski definition) is 2. The lowest BCUT2D eigenvalue weighted by molar-refractivity contribution is 0.0997. The summed E-state index contributed by atoms with van der Waals surface area (Å²) in [5, 5.41) is 22.1. The number of carbonyl (C=O) groups excluding carboxylic acids is 1. The monoisotopic (exact) mass is 391 g/mol. The van der Waals surface area contributed by atoms with E-state index in [2.05, 4.69) is 15.4 Å². The van der Waals surface area contributed by atoms with Crippen molar-refractivity contribution in [3.05, 3.63) is 60.3 Å². The van der Waals surface area contributed by atoms with E-state index in [-0.39, 0.29) is 24.5 Å². The van der Waals surface area contributed by atoms with Crippen LogP contribution in [0.2, 0.25) is 0 Å². The first-order chi connectivity index (χ1) is 12.8. The molecule has 0 spiro atoms. The fraction of sp³-hybridized carbons (Fsp3) is 0.333. The van der Waals surface area contributed by atoms with Crippen molar-refractivity contribution in [1.82, 2.24) is 29.3 Å². The van der Waals surface area contributed by atoms with Gasteiger partial charge in [-0.15, -0.1) is 21.5 Å². The summed E-state index contributed by atoms with van der Waals surface area (Å²) in [6, 6.07) is 3.74. The van der Waals surface area contributed by atoms with Gasteiger partial charge in [0.1, 0.15) is 11.7 Å². The van der Waals surface area contributed by atoms with Crippen LogP contribution in [-0.4, -0.2) is 40.4 Å². The molecule has 11 nitrogen and oxygen atoms in total. The van der Waals surface area contributed by atoms with Crippen LogP contribution in [0.3, 0.4) is 0 Å². The molecule has 0 aromatic carbocycles. The highest BCUT2D eigenvalue weighted by Gasteiger charge is 2.16. The molecule has 3 heterocycles. The molecule has 27 heavy (non-hydrogen) atoms. The van der Waals surface area contributed by atoms with Gasteiger partial charge in [0, 0.05) is 23.0 Å². The molecule has 1 atom stereocenters. The van der Waals surface area contributed by atoms with Gasteiger partial charge in [0.15, 0.2) is 5.82 Å². The first-order valence-corrected chi connectivity index (χ1v) is 8.69. The second-order valence-electron chi connectivity index (χ2n) is 5.91. The van der Waals surface area contributed by atoms with Gasteiger partial charge in [-0.25, -0.2) is 4.79 Å². The van der Waals surface area contributed by atoms with Crippen molar-refractivity contribution in [3.63, 3.8) is 0 Å². The van der Waals surface area contributed by atoms with Crippen molar-refractivity contribution in [2.45, 2.75) is 26.1 Å². The third-order valence-corrected chi connectivity index (χ3v) is 4.95. The highest BCUT2D eigenvalue weighted by molar-refractivity contribution is 7.12. The number of tetrazole rings is 1. The van der Waals surface area contributed by atoms with Crippen molar-refractivity contribution >= 4 is 17.2 Å². The lowest BCUT2D eigenvalue weighted by atomic mass is 10.3. The van der Waals surface area contributed by atoms with Crippen LogP contribution in [0.15, 0.2) is 27.9 Å². The molecule has 3 N–H and O–H groups in total. The van der Waals surface area contributed by atoms with Crippen LogP contribution in [-0.2, 0) is 20.1 Å². The van der Waals surface area contributed by atoms with E-state index in [4.69, 9.17) is 5.73 Å². The first-order valence-electron chi connectivity index (χ1n) is 7.87. The molecule has 3 aromatic heterocycles. The third-order valence-electron chi connectivity index (χ3n) is 3.85. The lowest BCUT2D eigenvalue weighted by Gasteiger charge is -2.07. The van der Waals surface area contributed by atoms with Gasteiger partial charge < -0.3 is 10.8 Å². The van der Waals surface area contributed by atoms with Gasteiger partial charge in [-0.3, -0.25) is 18.7 Å². The Morgan fingerprint density at radius 1 is 1.37 bits per heavy atom. The highest BCUT2D eigenvalue weighted by atomic mass is 32.1. The van der Waals surface area contributed by atoms with Crippen LogP contribution in [0.1, 0.15) is 32.0 Å². The maximum absolute atomic E-state index is 12.2. The van der Waals surface area contributed by atoms with E-state index >= 15 is 0 Å². The Balaban J connectivity index is 1.81. The Morgan fingerprint density at radius 2 is 2.11 bits per heavy atom. The zero-order valence-corrected chi connectivity index (χ0v) is 15.4. The van der Waals surface area contributed by atoms with E-state index in [1.54, 1.807) is 0 Å². The number of amides is 1. The Hall–Kier alpha value is -3.12. The summed E-state index contributed by atoms with van der Waals surface area (Å²) in [6.45, 7) is 1.93. The molecule has 0 fully saturated rings. The number of hydrogen-bond acceptors (Lipinski definition) is 8. The number of nitrogens with zero attached hydrogens (tertiary/aromatic N) is 6. The fourth-order valence-electron chi connectivity index (χ4n) is 2.46. The molecule has 0 aliphatic carbocycles. The van der Waals surface area contributed by atoms with E-state index in [0.29, 0.717) is 0 Å². The zero-order chi connectivity index (χ0) is 19.7. The van der Waals surface area contributed by atoms with E-state index in [1.807, 2.05) is 19.1 Å². The van der Waals surface area contributed by atoms with Gasteiger partial charge in [0.2, 0.25) is 0 Å². The van der Waals surface area contributed by atoms with E-state index in [1.165, 1.54) is 23.2 Å².